The molecule has 5 fully saturated rings. The van der Waals surface area contributed by atoms with Crippen molar-refractivity contribution in [2.75, 3.05) is 39.8 Å². The molecule has 4 saturated carbocycles. The van der Waals surface area contributed by atoms with Gasteiger partial charge in [-0.2, -0.15) is 0 Å². The lowest BCUT2D eigenvalue weighted by molar-refractivity contribution is -0.0567. The summed E-state index contributed by atoms with van der Waals surface area (Å²) in [6.07, 6.45) is 12.9. The van der Waals surface area contributed by atoms with Gasteiger partial charge in [0.1, 0.15) is 5.75 Å². The zero-order chi connectivity index (χ0) is 32.7. The Bertz CT molecular complexity index is 1610. The topological polar surface area (TPSA) is 91.4 Å². The number of methoxy groups -OCH3 is 1. The summed E-state index contributed by atoms with van der Waals surface area (Å²) in [7, 11) is 1.55. The highest BCUT2D eigenvalue weighted by Crippen LogP contribution is 2.61. The molecule has 3 aromatic rings. The Morgan fingerprint density at radius 2 is 1.72 bits per heavy atom. The van der Waals surface area contributed by atoms with E-state index in [0.29, 0.717) is 28.2 Å². The Morgan fingerprint density at radius 3 is 2.40 bits per heavy atom. The Labute approximate surface area is 280 Å². The summed E-state index contributed by atoms with van der Waals surface area (Å²) in [6.45, 7) is 12.0. The summed E-state index contributed by atoms with van der Waals surface area (Å²) >= 11 is 0. The quantitative estimate of drug-likeness (QED) is 0.201. The van der Waals surface area contributed by atoms with Gasteiger partial charge in [0.05, 0.1) is 24.8 Å². The van der Waals surface area contributed by atoms with E-state index in [1.165, 1.54) is 51.5 Å². The number of ether oxygens (including phenoxy) is 1. The van der Waals surface area contributed by atoms with Gasteiger partial charge in [-0.25, -0.2) is 0 Å². The molecule has 1 aromatic carbocycles. The summed E-state index contributed by atoms with van der Waals surface area (Å²) in [5.74, 6) is 4.00. The Morgan fingerprint density at radius 1 is 1.04 bits per heavy atom. The number of para-hydroxylation sites is 1. The van der Waals surface area contributed by atoms with Crippen molar-refractivity contribution >= 4 is 16.8 Å². The molecule has 3 N–H and O–H groups in total. The number of benzene rings is 1. The van der Waals surface area contributed by atoms with Gasteiger partial charge < -0.3 is 29.8 Å². The third-order valence-corrected chi connectivity index (χ3v) is 12.6. The molecular formula is C39H55N5O3. The number of pyridine rings is 1. The molecule has 3 heterocycles. The second kappa shape index (κ2) is 13.4. The molecule has 0 radical (unpaired) electrons. The van der Waals surface area contributed by atoms with Crippen LogP contribution in [0.3, 0.4) is 0 Å². The highest BCUT2D eigenvalue weighted by atomic mass is 16.5. The van der Waals surface area contributed by atoms with Gasteiger partial charge in [0, 0.05) is 41.4 Å². The minimum Gasteiger partial charge on any atom is -0.496 e. The van der Waals surface area contributed by atoms with Gasteiger partial charge in [-0.05, 0) is 139 Å². The van der Waals surface area contributed by atoms with Crippen LogP contribution in [-0.2, 0) is 6.54 Å². The molecule has 0 spiro atoms. The minimum absolute atomic E-state index is 0.0989. The van der Waals surface area contributed by atoms with Crippen LogP contribution in [-0.4, -0.2) is 60.2 Å². The first-order chi connectivity index (χ1) is 22.7. The number of piperidine rings is 1. The number of aromatic nitrogens is 2. The molecule has 0 unspecified atom stereocenters. The lowest BCUT2D eigenvalue weighted by Crippen LogP contribution is -2.47. The Balaban J connectivity index is 0.934. The van der Waals surface area contributed by atoms with Crippen LogP contribution in [0, 0.1) is 42.9 Å². The molecule has 2 aromatic heterocycles. The van der Waals surface area contributed by atoms with Crippen LogP contribution in [0.1, 0.15) is 98.1 Å². The molecular weight excluding hydrogens is 586 g/mol. The van der Waals surface area contributed by atoms with Gasteiger partial charge in [-0.3, -0.25) is 9.59 Å². The average molecular weight is 642 g/mol. The molecule has 4 aliphatic carbocycles. The molecule has 8 nitrogen and oxygen atoms in total. The number of H-pyrrole nitrogens is 1. The fourth-order valence-electron chi connectivity index (χ4n) is 10.7. The first-order valence-electron chi connectivity index (χ1n) is 18.3. The van der Waals surface area contributed by atoms with Gasteiger partial charge in [-0.1, -0.05) is 18.2 Å². The molecule has 8 rings (SSSR count). The maximum absolute atomic E-state index is 13.7. The zero-order valence-electron chi connectivity index (χ0n) is 29.0. The van der Waals surface area contributed by atoms with Crippen molar-refractivity contribution in [3.63, 3.8) is 0 Å². The maximum atomic E-state index is 13.7. The van der Waals surface area contributed by atoms with E-state index in [-0.39, 0.29) is 24.1 Å². The second-order valence-electron chi connectivity index (χ2n) is 15.7. The van der Waals surface area contributed by atoms with Crippen LogP contribution in [0.4, 0.5) is 0 Å². The van der Waals surface area contributed by atoms with Crippen molar-refractivity contribution in [1.29, 1.82) is 0 Å². The first kappa shape index (κ1) is 32.4. The fourth-order valence-corrected chi connectivity index (χ4v) is 10.7. The number of amides is 1. The Kier molecular flexibility index (Phi) is 9.27. The molecule has 8 heteroatoms. The molecule has 254 valence electrons. The molecule has 1 atom stereocenters. The molecule has 5 aliphatic rings. The smallest absolute Gasteiger partial charge is 0.256 e. The van der Waals surface area contributed by atoms with Gasteiger partial charge in [0.25, 0.3) is 11.5 Å². The highest BCUT2D eigenvalue weighted by molar-refractivity contribution is 6.08. The Hall–Kier alpha value is -3.10. The highest BCUT2D eigenvalue weighted by Gasteiger charge is 2.50. The van der Waals surface area contributed by atoms with Crippen molar-refractivity contribution < 1.29 is 9.53 Å². The van der Waals surface area contributed by atoms with E-state index in [1.54, 1.807) is 13.2 Å². The first-order valence-corrected chi connectivity index (χ1v) is 18.3. The van der Waals surface area contributed by atoms with Crippen molar-refractivity contribution in [3.05, 3.63) is 63.2 Å². The summed E-state index contributed by atoms with van der Waals surface area (Å²) in [5, 5.41) is 7.80. The van der Waals surface area contributed by atoms with Crippen LogP contribution >= 0.6 is 0 Å². The number of aromatic amines is 1. The van der Waals surface area contributed by atoms with E-state index >= 15 is 0 Å². The lowest BCUT2D eigenvalue weighted by atomic mass is 9.49. The van der Waals surface area contributed by atoms with Gasteiger partial charge >= 0.3 is 0 Å². The summed E-state index contributed by atoms with van der Waals surface area (Å²) in [5.41, 5.74) is 4.34. The molecule has 4 bridgehead atoms. The standard InChI is InChI=1S/C39H55N5O3/c1-25-17-35(47-4)33(37(45)42-25)24-41-38(46)36-27(3)44(34-8-6-5-7-32(34)36)26(2)31-9-14-43(15-10-31)16-13-40-12-11-39-21-28-18-29(22-39)20-30(19-28)23-39/h5-8,17,26,28-31,40H,9-16,18-24H2,1-4H3,(H,41,46)(H,42,45)/t26-,28?,29?,30?,39?/m0/s1. The van der Waals surface area contributed by atoms with E-state index in [1.807, 2.05) is 19.1 Å². The van der Waals surface area contributed by atoms with Gasteiger partial charge in [0.2, 0.25) is 0 Å². The van der Waals surface area contributed by atoms with E-state index in [4.69, 9.17) is 4.74 Å². The van der Waals surface area contributed by atoms with E-state index in [2.05, 4.69) is 51.1 Å². The van der Waals surface area contributed by atoms with Gasteiger partial charge in [-0.15, -0.1) is 0 Å². The number of hydrogen-bond donors (Lipinski definition) is 3. The fraction of sp³-hybridized carbons (Fsp3) is 0.641. The largest absolute Gasteiger partial charge is 0.496 e. The molecule has 47 heavy (non-hydrogen) atoms. The maximum Gasteiger partial charge on any atom is 0.256 e. The number of carbonyl (C=O) groups is 1. The molecule has 1 saturated heterocycles. The van der Waals surface area contributed by atoms with Crippen LogP contribution in [0.5, 0.6) is 5.75 Å². The number of likely N-dealkylation sites (tertiary alicyclic amines) is 1. The molecule has 1 amide bonds. The van der Waals surface area contributed by atoms with Gasteiger partial charge in [0.15, 0.2) is 0 Å². The number of rotatable bonds is 12. The summed E-state index contributed by atoms with van der Waals surface area (Å²) in [6, 6.07) is 10.3. The van der Waals surface area contributed by atoms with Crippen molar-refractivity contribution in [2.24, 2.45) is 29.1 Å². The van der Waals surface area contributed by atoms with Crippen LogP contribution in [0.2, 0.25) is 0 Å². The van der Waals surface area contributed by atoms with E-state index < -0.39 is 0 Å². The van der Waals surface area contributed by atoms with E-state index in [0.717, 1.165) is 79.1 Å². The van der Waals surface area contributed by atoms with Crippen molar-refractivity contribution in [1.82, 2.24) is 25.1 Å². The summed E-state index contributed by atoms with van der Waals surface area (Å²) < 4.78 is 7.82. The van der Waals surface area contributed by atoms with Crippen LogP contribution in [0.25, 0.3) is 10.9 Å². The number of fused-ring (bicyclic) bond motifs is 1. The van der Waals surface area contributed by atoms with Crippen molar-refractivity contribution in [2.45, 2.75) is 91.1 Å². The van der Waals surface area contributed by atoms with Crippen LogP contribution in [0.15, 0.2) is 35.1 Å². The summed E-state index contributed by atoms with van der Waals surface area (Å²) in [4.78, 5) is 31.8. The SMILES string of the molecule is COc1cc(C)[nH]c(=O)c1CNC(=O)c1c(C)n([C@@H](C)C2CCN(CCNCCC34CC5CC(CC(C5)C3)C4)CC2)c2ccccc12. The number of nitrogens with one attached hydrogen (secondary N) is 3. The average Bonchev–Trinajstić information content (AvgIpc) is 3.34. The van der Waals surface area contributed by atoms with E-state index in [9.17, 15) is 9.59 Å². The third-order valence-electron chi connectivity index (χ3n) is 12.6. The number of aryl methyl sites for hydroxylation is 1. The zero-order valence-corrected chi connectivity index (χ0v) is 29.0. The number of hydrogen-bond acceptors (Lipinski definition) is 5. The molecule has 1 aliphatic heterocycles. The lowest BCUT2D eigenvalue weighted by Gasteiger charge is -2.57. The predicted molar refractivity (Wildman–Crippen MR) is 188 cm³/mol. The monoisotopic (exact) mass is 641 g/mol. The minimum atomic E-state index is -0.241. The normalized spacial score (nSPS) is 26.6. The van der Waals surface area contributed by atoms with Crippen molar-refractivity contribution in [3.8, 4) is 5.75 Å². The second-order valence-corrected chi connectivity index (χ2v) is 15.7. The number of carbonyl (C=O) groups excluding carboxylic acids is 1. The predicted octanol–water partition coefficient (Wildman–Crippen LogP) is 6.35. The van der Waals surface area contributed by atoms with Crippen LogP contribution < -0.4 is 20.9 Å². The number of nitrogens with zero attached hydrogens (tertiary/aromatic N) is 2. The third kappa shape index (κ3) is 6.52.